The fourth-order valence-corrected chi connectivity index (χ4v) is 6.66. The van der Waals surface area contributed by atoms with Gasteiger partial charge in [-0.25, -0.2) is 0 Å². The van der Waals surface area contributed by atoms with E-state index in [1.807, 2.05) is 19.9 Å². The van der Waals surface area contributed by atoms with Crippen LogP contribution >= 0.6 is 0 Å². The molecule has 7 nitrogen and oxygen atoms in total. The summed E-state index contributed by atoms with van der Waals surface area (Å²) in [5, 5.41) is 23.0. The van der Waals surface area contributed by atoms with E-state index in [9.17, 15) is 15.0 Å². The molecule has 7 heteroatoms. The zero-order valence-electron chi connectivity index (χ0n) is 18.2. The van der Waals surface area contributed by atoms with Crippen LogP contribution < -0.4 is 4.74 Å². The number of aromatic hydroxyl groups is 1. The fraction of sp³-hybridized carbons (Fsp3) is 0.708. The zero-order valence-corrected chi connectivity index (χ0v) is 18.2. The maximum Gasteiger partial charge on any atom is 0.203 e. The number of ether oxygens (including phenoxy) is 3. The molecule has 31 heavy (non-hydrogen) atoms. The quantitative estimate of drug-likeness (QED) is 0.668. The van der Waals surface area contributed by atoms with Gasteiger partial charge in [0, 0.05) is 24.6 Å². The second kappa shape index (κ2) is 6.67. The lowest BCUT2D eigenvalue weighted by atomic mass is 9.48. The number of hydrogen-bond acceptors (Lipinski definition) is 7. The highest BCUT2D eigenvalue weighted by Gasteiger charge is 2.75. The van der Waals surface area contributed by atoms with Crippen molar-refractivity contribution in [1.82, 2.24) is 4.90 Å². The average molecular weight is 430 g/mol. The van der Waals surface area contributed by atoms with Crippen LogP contribution in [0.2, 0.25) is 0 Å². The molecular formula is C24H31NO6. The molecule has 168 valence electrons. The Labute approximate surface area is 182 Å². The second-order valence-electron chi connectivity index (χ2n) is 10.3. The van der Waals surface area contributed by atoms with Crippen molar-refractivity contribution in [2.45, 2.75) is 81.3 Å². The Balaban J connectivity index is 1.44. The van der Waals surface area contributed by atoms with Crippen LogP contribution in [0.25, 0.3) is 0 Å². The van der Waals surface area contributed by atoms with Gasteiger partial charge in [-0.1, -0.05) is 6.07 Å². The van der Waals surface area contributed by atoms with E-state index in [2.05, 4.69) is 4.90 Å². The van der Waals surface area contributed by atoms with Gasteiger partial charge in [0.05, 0.1) is 17.1 Å². The lowest BCUT2D eigenvalue weighted by Crippen LogP contribution is -2.78. The molecule has 2 saturated carbocycles. The van der Waals surface area contributed by atoms with Crippen LogP contribution in [0.4, 0.5) is 0 Å². The number of rotatable bonds is 6. The van der Waals surface area contributed by atoms with Crippen LogP contribution in [0.15, 0.2) is 12.1 Å². The van der Waals surface area contributed by atoms with Gasteiger partial charge in [-0.15, -0.1) is 0 Å². The summed E-state index contributed by atoms with van der Waals surface area (Å²) in [4.78, 5) is 16.0. The molecule has 1 saturated heterocycles. The molecule has 0 aromatic heterocycles. The molecule has 0 amide bonds. The molecule has 6 rings (SSSR count). The summed E-state index contributed by atoms with van der Waals surface area (Å²) in [5.41, 5.74) is -0.0454. The molecule has 2 aliphatic heterocycles. The van der Waals surface area contributed by atoms with Gasteiger partial charge in [0.2, 0.25) is 5.78 Å². The summed E-state index contributed by atoms with van der Waals surface area (Å²) < 4.78 is 17.6. The van der Waals surface area contributed by atoms with E-state index >= 15 is 0 Å². The third-order valence-electron chi connectivity index (χ3n) is 8.26. The summed E-state index contributed by atoms with van der Waals surface area (Å²) >= 11 is 0. The first kappa shape index (κ1) is 20.0. The molecule has 2 bridgehead atoms. The Morgan fingerprint density at radius 3 is 2.87 bits per heavy atom. The Hall–Kier alpha value is -1.67. The standard InChI is InChI=1S/C24H31NO6/c1-13(2)29-12-30-17-10-24(28)18-9-15-5-6-16(26)21-19(15)23(24,22(31-21)20(17)27)7-8-25(18)11-14-3-4-14/h5-6,13-14,17-18,22,26,28H,3-4,7-12H2,1-2H3/t17-,18-,22+,23+,24-/m1/s1. The minimum atomic E-state index is -1.16. The van der Waals surface area contributed by atoms with Crippen LogP contribution in [-0.2, 0) is 26.1 Å². The predicted molar refractivity (Wildman–Crippen MR) is 111 cm³/mol. The summed E-state index contributed by atoms with van der Waals surface area (Å²) in [6.07, 6.45) is 2.42. The van der Waals surface area contributed by atoms with Crippen LogP contribution in [-0.4, -0.2) is 70.7 Å². The smallest absolute Gasteiger partial charge is 0.203 e. The van der Waals surface area contributed by atoms with Gasteiger partial charge in [-0.2, -0.15) is 0 Å². The maximum atomic E-state index is 13.5. The van der Waals surface area contributed by atoms with E-state index in [0.29, 0.717) is 24.5 Å². The third kappa shape index (κ3) is 2.64. The molecule has 0 radical (unpaired) electrons. The van der Waals surface area contributed by atoms with Crippen molar-refractivity contribution in [2.75, 3.05) is 19.9 Å². The maximum absolute atomic E-state index is 13.5. The summed E-state index contributed by atoms with van der Waals surface area (Å²) in [6, 6.07) is 3.50. The van der Waals surface area contributed by atoms with E-state index < -0.39 is 23.2 Å². The van der Waals surface area contributed by atoms with Gasteiger partial charge in [0.15, 0.2) is 17.6 Å². The summed E-state index contributed by atoms with van der Waals surface area (Å²) in [7, 11) is 0. The molecule has 2 N–H and O–H groups in total. The Morgan fingerprint density at radius 1 is 1.32 bits per heavy atom. The van der Waals surface area contributed by atoms with E-state index in [-0.39, 0.29) is 36.9 Å². The van der Waals surface area contributed by atoms with Crippen LogP contribution in [0.1, 0.15) is 50.7 Å². The van der Waals surface area contributed by atoms with Gasteiger partial charge in [-0.05, 0) is 63.6 Å². The van der Waals surface area contributed by atoms with E-state index in [1.165, 1.54) is 12.8 Å². The Morgan fingerprint density at radius 2 is 2.13 bits per heavy atom. The first-order valence-corrected chi connectivity index (χ1v) is 11.6. The minimum absolute atomic E-state index is 0.00375. The molecule has 1 aromatic rings. The number of phenolic OH excluding ortho intramolecular Hbond substituents is 1. The molecule has 5 atom stereocenters. The molecule has 0 unspecified atom stereocenters. The van der Waals surface area contributed by atoms with E-state index in [0.717, 1.165) is 24.2 Å². The number of phenols is 1. The topological polar surface area (TPSA) is 88.5 Å². The highest BCUT2D eigenvalue weighted by atomic mass is 16.7. The van der Waals surface area contributed by atoms with Gasteiger partial charge >= 0.3 is 0 Å². The molecule has 5 aliphatic rings. The largest absolute Gasteiger partial charge is 0.504 e. The number of likely N-dealkylation sites (tertiary alicyclic amines) is 1. The van der Waals surface area contributed by atoms with Crippen molar-refractivity contribution in [2.24, 2.45) is 5.92 Å². The molecule has 1 spiro atoms. The van der Waals surface area contributed by atoms with Gasteiger partial charge in [0.1, 0.15) is 12.9 Å². The summed E-state index contributed by atoms with van der Waals surface area (Å²) in [6.45, 7) is 5.65. The molecule has 3 fully saturated rings. The second-order valence-corrected chi connectivity index (χ2v) is 10.3. The first-order valence-electron chi connectivity index (χ1n) is 11.6. The first-order chi connectivity index (χ1) is 14.8. The number of ketones is 1. The zero-order chi connectivity index (χ0) is 21.5. The number of Topliss-reactive ketones (excluding diaryl/α,β-unsaturated/α-hetero) is 1. The number of carbonyl (C=O) groups is 1. The highest BCUT2D eigenvalue weighted by molar-refractivity contribution is 5.93. The highest BCUT2D eigenvalue weighted by Crippen LogP contribution is 2.65. The lowest BCUT2D eigenvalue weighted by Gasteiger charge is -2.63. The number of aliphatic hydroxyl groups is 1. The number of piperidine rings is 1. The normalized spacial score (nSPS) is 38.3. The molecule has 1 aromatic carbocycles. The number of hydrogen-bond donors (Lipinski definition) is 2. The molecule has 3 aliphatic carbocycles. The fourth-order valence-electron chi connectivity index (χ4n) is 6.66. The van der Waals surface area contributed by atoms with Crippen molar-refractivity contribution >= 4 is 5.78 Å². The van der Waals surface area contributed by atoms with Crippen molar-refractivity contribution in [3.8, 4) is 11.5 Å². The van der Waals surface area contributed by atoms with Crippen molar-refractivity contribution in [3.05, 3.63) is 23.3 Å². The van der Waals surface area contributed by atoms with Crippen molar-refractivity contribution < 1.29 is 29.2 Å². The van der Waals surface area contributed by atoms with Gasteiger partial charge in [0.25, 0.3) is 0 Å². The predicted octanol–water partition coefficient (Wildman–Crippen LogP) is 1.90. The van der Waals surface area contributed by atoms with Crippen LogP contribution in [0, 0.1) is 5.92 Å². The molecule has 2 heterocycles. The number of benzene rings is 1. The Bertz CT molecular complexity index is 929. The monoisotopic (exact) mass is 429 g/mol. The molecular weight excluding hydrogens is 398 g/mol. The SMILES string of the molecule is CC(C)OCO[C@@H]1C[C@@]2(O)[C@H]3Cc4ccc(O)c5c4[C@@]2(CCN3CC2CC2)[C@@H](O5)C1=O. The van der Waals surface area contributed by atoms with E-state index in [4.69, 9.17) is 14.2 Å². The van der Waals surface area contributed by atoms with Gasteiger partial charge in [-0.3, -0.25) is 9.69 Å². The average Bonchev–Trinajstić information content (AvgIpc) is 3.45. The third-order valence-corrected chi connectivity index (χ3v) is 8.26. The van der Waals surface area contributed by atoms with Crippen LogP contribution in [0.5, 0.6) is 11.5 Å². The van der Waals surface area contributed by atoms with Gasteiger partial charge < -0.3 is 24.4 Å². The number of nitrogens with zero attached hydrogens (tertiary/aromatic N) is 1. The summed E-state index contributed by atoms with van der Waals surface area (Å²) in [5.74, 6) is 0.969. The van der Waals surface area contributed by atoms with Crippen molar-refractivity contribution in [1.29, 1.82) is 0 Å². The number of carbonyl (C=O) groups excluding carboxylic acids is 1. The minimum Gasteiger partial charge on any atom is -0.504 e. The van der Waals surface area contributed by atoms with E-state index in [1.54, 1.807) is 6.07 Å². The Kier molecular flexibility index (Phi) is 4.30. The van der Waals surface area contributed by atoms with Crippen LogP contribution in [0.3, 0.4) is 0 Å². The lowest BCUT2D eigenvalue weighted by molar-refractivity contribution is -0.219. The van der Waals surface area contributed by atoms with Crippen molar-refractivity contribution in [3.63, 3.8) is 0 Å².